The molecule has 114 valence electrons. The maximum atomic E-state index is 12.9. The molecule has 0 aliphatic heterocycles. The van der Waals surface area contributed by atoms with E-state index in [0.717, 1.165) is 12.1 Å². The molecule has 0 saturated carbocycles. The van der Waals surface area contributed by atoms with Crippen LogP contribution in [0.2, 0.25) is 5.02 Å². The molecule has 0 aromatic heterocycles. The number of ether oxygens (including phenoxy) is 1. The Kier molecular flexibility index (Phi) is 4.62. The third-order valence-corrected chi connectivity index (χ3v) is 3.42. The van der Waals surface area contributed by atoms with E-state index in [1.165, 1.54) is 12.1 Å². The van der Waals surface area contributed by atoms with Gasteiger partial charge >= 0.3 is 6.18 Å². The highest BCUT2D eigenvalue weighted by atomic mass is 35.5. The standard InChI is InChI=1S/C16H11ClF3NO/c1-10(13-4-2-3-5-15(13)17)22-12-7-6-11(9-21)14(8-12)16(18,19)20/h2-8,10H,1H3. The van der Waals surface area contributed by atoms with Gasteiger partial charge in [0.2, 0.25) is 0 Å². The van der Waals surface area contributed by atoms with E-state index in [2.05, 4.69) is 0 Å². The SMILES string of the molecule is CC(Oc1ccc(C#N)c(C(F)(F)F)c1)c1ccccc1Cl. The Balaban J connectivity index is 2.31. The first kappa shape index (κ1) is 16.2. The van der Waals surface area contributed by atoms with Crippen molar-refractivity contribution in [3.63, 3.8) is 0 Å². The van der Waals surface area contributed by atoms with Crippen LogP contribution in [-0.4, -0.2) is 0 Å². The van der Waals surface area contributed by atoms with Gasteiger partial charge in [-0.05, 0) is 31.2 Å². The lowest BCUT2D eigenvalue weighted by atomic mass is 10.1. The highest BCUT2D eigenvalue weighted by Gasteiger charge is 2.34. The van der Waals surface area contributed by atoms with Crippen LogP contribution < -0.4 is 4.74 Å². The molecule has 0 saturated heterocycles. The Labute approximate surface area is 130 Å². The molecule has 2 nitrogen and oxygen atoms in total. The molecule has 2 rings (SSSR count). The van der Waals surface area contributed by atoms with Crippen LogP contribution in [0.15, 0.2) is 42.5 Å². The van der Waals surface area contributed by atoms with Crippen molar-refractivity contribution >= 4 is 11.6 Å². The minimum Gasteiger partial charge on any atom is -0.486 e. The number of hydrogen-bond donors (Lipinski definition) is 0. The number of alkyl halides is 3. The summed E-state index contributed by atoms with van der Waals surface area (Å²) in [7, 11) is 0. The summed E-state index contributed by atoms with van der Waals surface area (Å²) in [6.07, 6.45) is -5.14. The van der Waals surface area contributed by atoms with E-state index in [9.17, 15) is 13.2 Å². The van der Waals surface area contributed by atoms with Crippen LogP contribution in [0, 0.1) is 11.3 Å². The number of halogens is 4. The van der Waals surface area contributed by atoms with E-state index in [1.54, 1.807) is 31.2 Å². The molecular weight excluding hydrogens is 315 g/mol. The molecule has 0 heterocycles. The summed E-state index contributed by atoms with van der Waals surface area (Å²) in [6.45, 7) is 1.69. The fraction of sp³-hybridized carbons (Fsp3) is 0.188. The molecule has 1 atom stereocenters. The van der Waals surface area contributed by atoms with Crippen molar-refractivity contribution in [2.24, 2.45) is 0 Å². The van der Waals surface area contributed by atoms with Crippen molar-refractivity contribution in [2.45, 2.75) is 19.2 Å². The first-order valence-corrected chi connectivity index (χ1v) is 6.73. The summed E-state index contributed by atoms with van der Waals surface area (Å²) in [5, 5.41) is 9.23. The predicted octanol–water partition coefficient (Wildman–Crippen LogP) is 5.37. The number of nitrogens with zero attached hydrogens (tertiary/aromatic N) is 1. The second-order valence-electron chi connectivity index (χ2n) is 4.60. The van der Waals surface area contributed by atoms with Gasteiger partial charge in [-0.25, -0.2) is 0 Å². The molecular formula is C16H11ClF3NO. The minimum atomic E-state index is -4.61. The minimum absolute atomic E-state index is 0.0266. The van der Waals surface area contributed by atoms with Crippen LogP contribution in [-0.2, 0) is 6.18 Å². The zero-order chi connectivity index (χ0) is 16.3. The van der Waals surface area contributed by atoms with Gasteiger partial charge in [-0.3, -0.25) is 0 Å². The third-order valence-electron chi connectivity index (χ3n) is 3.07. The zero-order valence-corrected chi connectivity index (χ0v) is 12.2. The fourth-order valence-corrected chi connectivity index (χ4v) is 2.29. The summed E-state index contributed by atoms with van der Waals surface area (Å²) >= 11 is 6.03. The molecule has 0 aliphatic carbocycles. The van der Waals surface area contributed by atoms with E-state index >= 15 is 0 Å². The smallest absolute Gasteiger partial charge is 0.417 e. The van der Waals surface area contributed by atoms with Crippen LogP contribution in [0.25, 0.3) is 0 Å². The summed E-state index contributed by atoms with van der Waals surface area (Å²) in [5.74, 6) is 0.0266. The van der Waals surface area contributed by atoms with Crippen LogP contribution in [0.1, 0.15) is 29.7 Å². The van der Waals surface area contributed by atoms with E-state index in [-0.39, 0.29) is 5.75 Å². The first-order chi connectivity index (χ1) is 10.3. The van der Waals surface area contributed by atoms with Gasteiger partial charge in [0.1, 0.15) is 11.9 Å². The lowest BCUT2D eigenvalue weighted by molar-refractivity contribution is -0.137. The molecule has 0 bridgehead atoms. The van der Waals surface area contributed by atoms with Crippen LogP contribution in [0.5, 0.6) is 5.75 Å². The van der Waals surface area contributed by atoms with Gasteiger partial charge in [-0.15, -0.1) is 0 Å². The highest BCUT2D eigenvalue weighted by Crippen LogP contribution is 2.35. The Hall–Kier alpha value is -2.19. The second-order valence-corrected chi connectivity index (χ2v) is 5.01. The number of benzene rings is 2. The van der Waals surface area contributed by atoms with E-state index in [1.807, 2.05) is 0 Å². The second kappa shape index (κ2) is 6.29. The van der Waals surface area contributed by atoms with Crippen molar-refractivity contribution in [3.8, 4) is 11.8 Å². The molecule has 2 aromatic rings. The number of hydrogen-bond acceptors (Lipinski definition) is 2. The molecule has 0 spiro atoms. The maximum absolute atomic E-state index is 12.9. The Morgan fingerprint density at radius 1 is 1.18 bits per heavy atom. The quantitative estimate of drug-likeness (QED) is 0.760. The lowest BCUT2D eigenvalue weighted by Crippen LogP contribution is -2.09. The maximum Gasteiger partial charge on any atom is 0.417 e. The van der Waals surface area contributed by atoms with E-state index in [0.29, 0.717) is 10.6 Å². The molecule has 0 N–H and O–H groups in total. The van der Waals surface area contributed by atoms with Gasteiger partial charge in [0.15, 0.2) is 0 Å². The van der Waals surface area contributed by atoms with E-state index < -0.39 is 23.4 Å². The van der Waals surface area contributed by atoms with Gasteiger partial charge in [-0.1, -0.05) is 29.8 Å². The Morgan fingerprint density at radius 3 is 2.45 bits per heavy atom. The monoisotopic (exact) mass is 325 g/mol. The normalized spacial score (nSPS) is 12.5. The number of rotatable bonds is 3. The topological polar surface area (TPSA) is 33.0 Å². The summed E-state index contributed by atoms with van der Waals surface area (Å²) in [6, 6.07) is 11.7. The van der Waals surface area contributed by atoms with Crippen molar-refractivity contribution in [3.05, 3.63) is 64.2 Å². The summed E-state index contributed by atoms with van der Waals surface area (Å²) < 4.78 is 44.3. The van der Waals surface area contributed by atoms with Crippen molar-refractivity contribution in [1.82, 2.24) is 0 Å². The van der Waals surface area contributed by atoms with Gasteiger partial charge < -0.3 is 4.74 Å². The first-order valence-electron chi connectivity index (χ1n) is 6.35. The highest BCUT2D eigenvalue weighted by molar-refractivity contribution is 6.31. The van der Waals surface area contributed by atoms with Gasteiger partial charge in [0.05, 0.1) is 17.2 Å². The average Bonchev–Trinajstić information content (AvgIpc) is 2.46. The molecule has 0 aliphatic rings. The van der Waals surface area contributed by atoms with Gasteiger partial charge in [0.25, 0.3) is 0 Å². The Morgan fingerprint density at radius 2 is 1.86 bits per heavy atom. The summed E-state index contributed by atoms with van der Waals surface area (Å²) in [4.78, 5) is 0. The molecule has 1 unspecified atom stereocenters. The zero-order valence-electron chi connectivity index (χ0n) is 11.5. The van der Waals surface area contributed by atoms with Crippen molar-refractivity contribution < 1.29 is 17.9 Å². The summed E-state index contributed by atoms with van der Waals surface area (Å²) in [5.41, 5.74) is -0.786. The molecule has 6 heteroatoms. The predicted molar refractivity (Wildman–Crippen MR) is 76.7 cm³/mol. The van der Waals surface area contributed by atoms with Gasteiger partial charge in [-0.2, -0.15) is 18.4 Å². The molecule has 0 amide bonds. The largest absolute Gasteiger partial charge is 0.486 e. The molecule has 0 radical (unpaired) electrons. The van der Waals surface area contributed by atoms with Crippen LogP contribution in [0.4, 0.5) is 13.2 Å². The number of nitriles is 1. The van der Waals surface area contributed by atoms with E-state index in [4.69, 9.17) is 21.6 Å². The molecule has 22 heavy (non-hydrogen) atoms. The Bertz CT molecular complexity index is 722. The van der Waals surface area contributed by atoms with Crippen molar-refractivity contribution in [1.29, 1.82) is 5.26 Å². The molecule has 2 aromatic carbocycles. The van der Waals surface area contributed by atoms with Crippen LogP contribution >= 0.6 is 11.6 Å². The van der Waals surface area contributed by atoms with Crippen LogP contribution in [0.3, 0.4) is 0 Å². The average molecular weight is 326 g/mol. The third kappa shape index (κ3) is 3.52. The fourth-order valence-electron chi connectivity index (χ4n) is 2.00. The lowest BCUT2D eigenvalue weighted by Gasteiger charge is -2.18. The van der Waals surface area contributed by atoms with Gasteiger partial charge in [0, 0.05) is 10.6 Å². The molecule has 0 fully saturated rings. The van der Waals surface area contributed by atoms with Crippen molar-refractivity contribution in [2.75, 3.05) is 0 Å².